The summed E-state index contributed by atoms with van der Waals surface area (Å²) in [5, 5.41) is 2.64. The Balaban J connectivity index is 1.99. The van der Waals surface area contributed by atoms with Crippen LogP contribution in [0.3, 0.4) is 0 Å². The van der Waals surface area contributed by atoms with Crippen LogP contribution in [-0.4, -0.2) is 18.4 Å². The average Bonchev–Trinajstić information content (AvgIpc) is 2.59. The van der Waals surface area contributed by atoms with Crippen LogP contribution >= 0.6 is 0 Å². The Labute approximate surface area is 162 Å². The summed E-state index contributed by atoms with van der Waals surface area (Å²) >= 11 is 0. The van der Waals surface area contributed by atoms with Crippen molar-refractivity contribution < 1.29 is 27.4 Å². The summed E-state index contributed by atoms with van der Waals surface area (Å²) in [5.41, 5.74) is 1.52. The van der Waals surface area contributed by atoms with Crippen molar-refractivity contribution in [2.75, 3.05) is 5.32 Å². The molecule has 0 aromatic heterocycles. The van der Waals surface area contributed by atoms with Gasteiger partial charge in [-0.25, -0.2) is 0 Å². The molecule has 0 spiro atoms. The Kier molecular flexibility index (Phi) is 6.59. The van der Waals surface area contributed by atoms with Crippen LogP contribution in [0.4, 0.5) is 18.9 Å². The molecule has 2 aromatic carbocycles. The van der Waals surface area contributed by atoms with Gasteiger partial charge in [-0.3, -0.25) is 4.79 Å². The van der Waals surface area contributed by atoms with Crippen LogP contribution in [0.2, 0.25) is 0 Å². The van der Waals surface area contributed by atoms with Crippen molar-refractivity contribution in [3.05, 3.63) is 54.1 Å². The van der Waals surface area contributed by atoms with Gasteiger partial charge in [0.25, 0.3) is 5.91 Å². The highest BCUT2D eigenvalue weighted by Crippen LogP contribution is 2.26. The molecule has 0 saturated heterocycles. The third kappa shape index (κ3) is 6.48. The zero-order valence-corrected chi connectivity index (χ0v) is 16.3. The first-order valence-corrected chi connectivity index (χ1v) is 8.92. The summed E-state index contributed by atoms with van der Waals surface area (Å²) in [6.45, 7) is 8.14. The summed E-state index contributed by atoms with van der Waals surface area (Å²) in [6, 6.07) is 12.5. The second-order valence-electron chi connectivity index (χ2n) is 7.35. The normalized spacial score (nSPS) is 13.0. The molecule has 0 saturated carbocycles. The van der Waals surface area contributed by atoms with Crippen LogP contribution < -0.4 is 14.8 Å². The fourth-order valence-corrected chi connectivity index (χ4v) is 2.48. The van der Waals surface area contributed by atoms with Gasteiger partial charge in [-0.1, -0.05) is 39.8 Å². The lowest BCUT2D eigenvalue weighted by atomic mass is 9.87. The van der Waals surface area contributed by atoms with E-state index in [0.29, 0.717) is 17.9 Å². The molecule has 0 radical (unpaired) electrons. The first kappa shape index (κ1) is 21.6. The molecule has 1 unspecified atom stereocenters. The minimum atomic E-state index is -4.76. The van der Waals surface area contributed by atoms with E-state index in [2.05, 4.69) is 30.8 Å². The van der Waals surface area contributed by atoms with Gasteiger partial charge in [0.2, 0.25) is 0 Å². The molecule has 0 bridgehead atoms. The van der Waals surface area contributed by atoms with Crippen molar-refractivity contribution >= 4 is 11.6 Å². The molecule has 0 aliphatic carbocycles. The number of halogens is 3. The van der Waals surface area contributed by atoms with Crippen LogP contribution in [0.25, 0.3) is 0 Å². The number of rotatable bonds is 6. The number of benzene rings is 2. The maximum absolute atomic E-state index is 12.4. The number of anilines is 1. The van der Waals surface area contributed by atoms with E-state index < -0.39 is 12.5 Å². The highest BCUT2D eigenvalue weighted by molar-refractivity contribution is 5.94. The van der Waals surface area contributed by atoms with Gasteiger partial charge in [0.15, 0.2) is 6.10 Å². The molecule has 0 aliphatic heterocycles. The van der Waals surface area contributed by atoms with Gasteiger partial charge < -0.3 is 14.8 Å². The minimum absolute atomic E-state index is 0.0159. The van der Waals surface area contributed by atoms with Crippen LogP contribution in [0.5, 0.6) is 11.5 Å². The lowest BCUT2D eigenvalue weighted by Crippen LogP contribution is -2.32. The Morgan fingerprint density at radius 3 is 1.96 bits per heavy atom. The number of ether oxygens (including phenoxy) is 2. The molecule has 2 aromatic rings. The molecule has 28 heavy (non-hydrogen) atoms. The second-order valence-corrected chi connectivity index (χ2v) is 7.35. The molecule has 0 heterocycles. The maximum Gasteiger partial charge on any atom is 0.573 e. The molecular formula is C21H24F3NO3. The fraction of sp³-hybridized carbons (Fsp3) is 0.381. The molecule has 2 rings (SSSR count). The van der Waals surface area contributed by atoms with Gasteiger partial charge in [-0.05, 0) is 53.8 Å². The summed E-state index contributed by atoms with van der Waals surface area (Å²) < 4.78 is 46.2. The minimum Gasteiger partial charge on any atom is -0.481 e. The summed E-state index contributed by atoms with van der Waals surface area (Å²) in [6.07, 6.45) is -5.05. The third-order valence-corrected chi connectivity index (χ3v) is 4.02. The van der Waals surface area contributed by atoms with E-state index in [9.17, 15) is 18.0 Å². The van der Waals surface area contributed by atoms with Gasteiger partial charge >= 0.3 is 6.36 Å². The van der Waals surface area contributed by atoms with E-state index in [-0.39, 0.29) is 17.1 Å². The van der Waals surface area contributed by atoms with E-state index in [4.69, 9.17) is 4.74 Å². The molecule has 1 atom stereocenters. The summed E-state index contributed by atoms with van der Waals surface area (Å²) in [4.78, 5) is 12.4. The molecule has 1 N–H and O–H groups in total. The Morgan fingerprint density at radius 2 is 1.50 bits per heavy atom. The monoisotopic (exact) mass is 395 g/mol. The van der Waals surface area contributed by atoms with Crippen molar-refractivity contribution in [3.63, 3.8) is 0 Å². The standard InChI is InChI=1S/C21H24F3NO3/c1-5-18(27-16-10-6-14(7-11-16)20(2,3)4)19(26)25-15-8-12-17(13-9-15)28-21(22,23)24/h6-13,18H,5H2,1-4H3,(H,25,26). The lowest BCUT2D eigenvalue weighted by molar-refractivity contribution is -0.274. The van der Waals surface area contributed by atoms with Crippen LogP contribution in [0, 0.1) is 0 Å². The van der Waals surface area contributed by atoms with E-state index >= 15 is 0 Å². The van der Waals surface area contributed by atoms with Crippen molar-refractivity contribution in [1.29, 1.82) is 0 Å². The number of alkyl halides is 3. The highest BCUT2D eigenvalue weighted by Gasteiger charge is 2.31. The summed E-state index contributed by atoms with van der Waals surface area (Å²) in [7, 11) is 0. The van der Waals surface area contributed by atoms with E-state index in [0.717, 1.165) is 17.7 Å². The van der Waals surface area contributed by atoms with Gasteiger partial charge in [0, 0.05) is 5.69 Å². The van der Waals surface area contributed by atoms with E-state index in [1.54, 1.807) is 0 Å². The van der Waals surface area contributed by atoms with Crippen molar-refractivity contribution in [1.82, 2.24) is 0 Å². The van der Waals surface area contributed by atoms with Crippen molar-refractivity contribution in [2.45, 2.75) is 52.0 Å². The lowest BCUT2D eigenvalue weighted by Gasteiger charge is -2.21. The largest absolute Gasteiger partial charge is 0.573 e. The highest BCUT2D eigenvalue weighted by atomic mass is 19.4. The fourth-order valence-electron chi connectivity index (χ4n) is 2.48. The second kappa shape index (κ2) is 8.54. The van der Waals surface area contributed by atoms with Crippen LogP contribution in [0.1, 0.15) is 39.7 Å². The zero-order chi connectivity index (χ0) is 20.9. The number of nitrogens with one attached hydrogen (secondary N) is 1. The predicted molar refractivity (Wildman–Crippen MR) is 102 cm³/mol. The quantitative estimate of drug-likeness (QED) is 0.685. The Morgan fingerprint density at radius 1 is 0.964 bits per heavy atom. The molecule has 152 valence electrons. The number of carbonyl (C=O) groups is 1. The number of carbonyl (C=O) groups excluding carboxylic acids is 1. The SMILES string of the molecule is CCC(Oc1ccc(C(C)(C)C)cc1)C(=O)Nc1ccc(OC(F)(F)F)cc1. The van der Waals surface area contributed by atoms with E-state index in [1.807, 2.05) is 31.2 Å². The first-order valence-electron chi connectivity index (χ1n) is 8.92. The Hall–Kier alpha value is -2.70. The average molecular weight is 395 g/mol. The van der Waals surface area contributed by atoms with Crippen molar-refractivity contribution in [3.8, 4) is 11.5 Å². The van der Waals surface area contributed by atoms with Crippen molar-refractivity contribution in [2.24, 2.45) is 0 Å². The van der Waals surface area contributed by atoms with Gasteiger partial charge in [-0.2, -0.15) is 0 Å². The number of amides is 1. The topological polar surface area (TPSA) is 47.6 Å². The molecule has 1 amide bonds. The Bertz CT molecular complexity index is 779. The van der Waals surface area contributed by atoms with Crippen LogP contribution in [-0.2, 0) is 10.2 Å². The van der Waals surface area contributed by atoms with Gasteiger partial charge in [0.05, 0.1) is 0 Å². The molecule has 0 aliphatic rings. The maximum atomic E-state index is 12.4. The molecular weight excluding hydrogens is 371 g/mol. The van der Waals surface area contributed by atoms with Crippen LogP contribution in [0.15, 0.2) is 48.5 Å². The molecule has 0 fully saturated rings. The smallest absolute Gasteiger partial charge is 0.481 e. The zero-order valence-electron chi connectivity index (χ0n) is 16.3. The number of hydrogen-bond acceptors (Lipinski definition) is 3. The predicted octanol–water partition coefficient (Wildman–Crippen LogP) is 5.68. The van der Waals surface area contributed by atoms with E-state index in [1.165, 1.54) is 12.1 Å². The summed E-state index contributed by atoms with van der Waals surface area (Å²) in [5.74, 6) is -0.163. The molecule has 7 heteroatoms. The number of hydrogen-bond donors (Lipinski definition) is 1. The van der Waals surface area contributed by atoms with Gasteiger partial charge in [-0.15, -0.1) is 13.2 Å². The first-order chi connectivity index (χ1) is 13.0. The molecule has 4 nitrogen and oxygen atoms in total. The van der Waals surface area contributed by atoms with Gasteiger partial charge in [0.1, 0.15) is 11.5 Å². The third-order valence-electron chi connectivity index (χ3n) is 4.02.